The van der Waals surface area contributed by atoms with Crippen molar-refractivity contribution >= 4 is 0 Å². The SMILES string of the molecule is CC(CN1CCOCC1)NCc1cccc(OCC#N)c1. The average Bonchev–Trinajstić information content (AvgIpc) is 2.52. The fourth-order valence-electron chi connectivity index (χ4n) is 2.39. The third-order valence-corrected chi connectivity index (χ3v) is 3.49. The second-order valence-corrected chi connectivity index (χ2v) is 5.29. The molecular weight excluding hydrogens is 266 g/mol. The van der Waals surface area contributed by atoms with Gasteiger partial charge in [-0.2, -0.15) is 5.26 Å². The quantitative estimate of drug-likeness (QED) is 0.822. The smallest absolute Gasteiger partial charge is 0.174 e. The van der Waals surface area contributed by atoms with Crippen LogP contribution in [0, 0.1) is 11.3 Å². The van der Waals surface area contributed by atoms with Gasteiger partial charge in [0.05, 0.1) is 13.2 Å². The molecule has 1 atom stereocenters. The fourth-order valence-corrected chi connectivity index (χ4v) is 2.39. The summed E-state index contributed by atoms with van der Waals surface area (Å²) in [4.78, 5) is 2.42. The normalized spacial score (nSPS) is 17.1. The van der Waals surface area contributed by atoms with E-state index in [9.17, 15) is 0 Å². The van der Waals surface area contributed by atoms with Gasteiger partial charge in [0.25, 0.3) is 0 Å². The van der Waals surface area contributed by atoms with Crippen molar-refractivity contribution in [2.24, 2.45) is 0 Å². The lowest BCUT2D eigenvalue weighted by atomic mass is 10.2. The van der Waals surface area contributed by atoms with Gasteiger partial charge in [0.15, 0.2) is 6.61 Å². The number of rotatable bonds is 7. The van der Waals surface area contributed by atoms with Crippen LogP contribution in [0.4, 0.5) is 0 Å². The van der Waals surface area contributed by atoms with Crippen LogP contribution < -0.4 is 10.1 Å². The summed E-state index contributed by atoms with van der Waals surface area (Å²) >= 11 is 0. The second-order valence-electron chi connectivity index (χ2n) is 5.29. The number of benzene rings is 1. The predicted octanol–water partition coefficient (Wildman–Crippen LogP) is 1.40. The maximum atomic E-state index is 8.53. The summed E-state index contributed by atoms with van der Waals surface area (Å²) in [7, 11) is 0. The van der Waals surface area contributed by atoms with Crippen LogP contribution in [0.2, 0.25) is 0 Å². The average molecular weight is 289 g/mol. The van der Waals surface area contributed by atoms with Crippen molar-refractivity contribution in [3.8, 4) is 11.8 Å². The van der Waals surface area contributed by atoms with Crippen LogP contribution in [0.1, 0.15) is 12.5 Å². The fraction of sp³-hybridized carbons (Fsp3) is 0.562. The lowest BCUT2D eigenvalue weighted by molar-refractivity contribution is 0.0343. The van der Waals surface area contributed by atoms with Gasteiger partial charge in [-0.05, 0) is 24.6 Å². The Bertz CT molecular complexity index is 467. The van der Waals surface area contributed by atoms with E-state index in [4.69, 9.17) is 14.7 Å². The Labute approximate surface area is 126 Å². The van der Waals surface area contributed by atoms with E-state index < -0.39 is 0 Å². The number of morpholine rings is 1. The Hall–Kier alpha value is -1.61. The van der Waals surface area contributed by atoms with E-state index in [-0.39, 0.29) is 6.61 Å². The first-order chi connectivity index (χ1) is 10.3. The summed E-state index contributed by atoms with van der Waals surface area (Å²) < 4.78 is 10.7. The van der Waals surface area contributed by atoms with Gasteiger partial charge in [0, 0.05) is 32.2 Å². The van der Waals surface area contributed by atoms with E-state index in [0.29, 0.717) is 6.04 Å². The van der Waals surface area contributed by atoms with Crippen LogP contribution in [0.3, 0.4) is 0 Å². The topological polar surface area (TPSA) is 57.5 Å². The zero-order chi connectivity index (χ0) is 14.9. The first-order valence-corrected chi connectivity index (χ1v) is 7.40. The van der Waals surface area contributed by atoms with Crippen LogP contribution in [0.5, 0.6) is 5.75 Å². The maximum absolute atomic E-state index is 8.53. The monoisotopic (exact) mass is 289 g/mol. The molecule has 1 aliphatic rings. The molecule has 1 saturated heterocycles. The number of hydrogen-bond donors (Lipinski definition) is 1. The molecule has 0 aliphatic carbocycles. The second kappa shape index (κ2) is 8.63. The van der Waals surface area contributed by atoms with Gasteiger partial charge in [-0.15, -0.1) is 0 Å². The number of nitrogens with one attached hydrogen (secondary N) is 1. The highest BCUT2D eigenvalue weighted by Gasteiger charge is 2.13. The molecule has 0 aromatic heterocycles. The van der Waals surface area contributed by atoms with Gasteiger partial charge >= 0.3 is 0 Å². The molecule has 0 saturated carbocycles. The molecule has 114 valence electrons. The first-order valence-electron chi connectivity index (χ1n) is 7.40. The molecule has 1 aromatic rings. The van der Waals surface area contributed by atoms with E-state index >= 15 is 0 Å². The molecular formula is C16H23N3O2. The Morgan fingerprint density at radius 2 is 2.24 bits per heavy atom. The number of nitrogens with zero attached hydrogens (tertiary/aromatic N) is 2. The molecule has 5 heteroatoms. The van der Waals surface area contributed by atoms with Crippen molar-refractivity contribution < 1.29 is 9.47 Å². The molecule has 1 N–H and O–H groups in total. The standard InChI is InChI=1S/C16H23N3O2/c1-14(13-19-6-9-20-10-7-19)18-12-15-3-2-4-16(11-15)21-8-5-17/h2-4,11,14,18H,6-10,12-13H2,1H3. The van der Waals surface area contributed by atoms with E-state index in [1.165, 1.54) is 5.56 Å². The Kier molecular flexibility index (Phi) is 6.48. The molecule has 1 unspecified atom stereocenters. The van der Waals surface area contributed by atoms with Crippen LogP contribution in [0.25, 0.3) is 0 Å². The van der Waals surface area contributed by atoms with E-state index in [0.717, 1.165) is 45.1 Å². The maximum Gasteiger partial charge on any atom is 0.174 e. The lowest BCUT2D eigenvalue weighted by Crippen LogP contribution is -2.44. The number of hydrogen-bond acceptors (Lipinski definition) is 5. The molecule has 0 spiro atoms. The van der Waals surface area contributed by atoms with Crippen LogP contribution in [-0.2, 0) is 11.3 Å². The van der Waals surface area contributed by atoms with Crippen molar-refractivity contribution in [2.45, 2.75) is 19.5 Å². The Morgan fingerprint density at radius 3 is 3.00 bits per heavy atom. The predicted molar refractivity (Wildman–Crippen MR) is 81.1 cm³/mol. The summed E-state index contributed by atoms with van der Waals surface area (Å²) in [6.07, 6.45) is 0. The van der Waals surface area contributed by atoms with Crippen molar-refractivity contribution in [2.75, 3.05) is 39.5 Å². The molecule has 1 aromatic carbocycles. The molecule has 0 bridgehead atoms. The molecule has 0 radical (unpaired) electrons. The highest BCUT2D eigenvalue weighted by Crippen LogP contribution is 2.13. The van der Waals surface area contributed by atoms with Crippen molar-refractivity contribution in [3.05, 3.63) is 29.8 Å². The van der Waals surface area contributed by atoms with Gasteiger partial charge in [0.1, 0.15) is 11.8 Å². The third kappa shape index (κ3) is 5.72. The summed E-state index contributed by atoms with van der Waals surface area (Å²) in [5.41, 5.74) is 1.17. The Balaban J connectivity index is 1.75. The number of nitriles is 1. The van der Waals surface area contributed by atoms with Crippen LogP contribution in [0.15, 0.2) is 24.3 Å². The minimum Gasteiger partial charge on any atom is -0.479 e. The van der Waals surface area contributed by atoms with Gasteiger partial charge in [-0.25, -0.2) is 0 Å². The first kappa shape index (κ1) is 15.8. The van der Waals surface area contributed by atoms with Gasteiger partial charge in [-0.1, -0.05) is 12.1 Å². The van der Waals surface area contributed by atoms with Crippen LogP contribution >= 0.6 is 0 Å². The van der Waals surface area contributed by atoms with Crippen LogP contribution in [-0.4, -0.2) is 50.4 Å². The zero-order valence-electron chi connectivity index (χ0n) is 12.5. The van der Waals surface area contributed by atoms with E-state index in [2.05, 4.69) is 23.2 Å². The zero-order valence-corrected chi connectivity index (χ0v) is 12.5. The molecule has 2 rings (SSSR count). The minimum absolute atomic E-state index is 0.0876. The van der Waals surface area contributed by atoms with Crippen molar-refractivity contribution in [3.63, 3.8) is 0 Å². The molecule has 1 heterocycles. The summed E-state index contributed by atoms with van der Waals surface area (Å²) in [5, 5.41) is 12.1. The molecule has 21 heavy (non-hydrogen) atoms. The molecule has 0 amide bonds. The van der Waals surface area contributed by atoms with E-state index in [1.54, 1.807) is 0 Å². The largest absolute Gasteiger partial charge is 0.479 e. The van der Waals surface area contributed by atoms with Gasteiger partial charge < -0.3 is 14.8 Å². The third-order valence-electron chi connectivity index (χ3n) is 3.49. The highest BCUT2D eigenvalue weighted by atomic mass is 16.5. The number of ether oxygens (including phenoxy) is 2. The summed E-state index contributed by atoms with van der Waals surface area (Å²) in [6.45, 7) is 7.84. The summed E-state index contributed by atoms with van der Waals surface area (Å²) in [6, 6.07) is 10.3. The summed E-state index contributed by atoms with van der Waals surface area (Å²) in [5.74, 6) is 0.747. The Morgan fingerprint density at radius 1 is 1.43 bits per heavy atom. The van der Waals surface area contributed by atoms with Crippen molar-refractivity contribution in [1.29, 1.82) is 5.26 Å². The minimum atomic E-state index is 0.0876. The van der Waals surface area contributed by atoms with Crippen molar-refractivity contribution in [1.82, 2.24) is 10.2 Å². The molecule has 5 nitrogen and oxygen atoms in total. The van der Waals surface area contributed by atoms with Gasteiger partial charge in [-0.3, -0.25) is 4.90 Å². The van der Waals surface area contributed by atoms with Gasteiger partial charge in [0.2, 0.25) is 0 Å². The highest BCUT2D eigenvalue weighted by molar-refractivity contribution is 5.28. The lowest BCUT2D eigenvalue weighted by Gasteiger charge is -2.29. The van der Waals surface area contributed by atoms with E-state index in [1.807, 2.05) is 24.3 Å². The molecule has 1 aliphatic heterocycles. The molecule has 1 fully saturated rings.